The normalized spacial score (nSPS) is 23.9. The van der Waals surface area contributed by atoms with Crippen LogP contribution < -0.4 is 4.90 Å². The van der Waals surface area contributed by atoms with Crippen molar-refractivity contribution in [1.82, 2.24) is 0 Å². The molecule has 3 atom stereocenters. The van der Waals surface area contributed by atoms with Gasteiger partial charge >= 0.3 is 0 Å². The lowest BCUT2D eigenvalue weighted by atomic mass is 10.0. The Balaban J connectivity index is 2.43. The van der Waals surface area contributed by atoms with Crippen molar-refractivity contribution in [1.29, 1.82) is 0 Å². The summed E-state index contributed by atoms with van der Waals surface area (Å²) >= 11 is 0. The Morgan fingerprint density at radius 3 is 2.86 bits per heavy atom. The Morgan fingerprint density at radius 2 is 2.29 bits per heavy atom. The molecule has 1 saturated heterocycles. The van der Waals surface area contributed by atoms with Gasteiger partial charge in [-0.3, -0.25) is 10.1 Å². The van der Waals surface area contributed by atoms with Gasteiger partial charge in [-0.2, -0.15) is 0 Å². The van der Waals surface area contributed by atoms with E-state index in [-0.39, 0.29) is 22.8 Å². The van der Waals surface area contributed by atoms with E-state index in [1.54, 1.807) is 19.1 Å². The van der Waals surface area contributed by atoms with Crippen molar-refractivity contribution < 1.29 is 14.8 Å². The quantitative estimate of drug-likeness (QED) is 0.682. The summed E-state index contributed by atoms with van der Waals surface area (Å²) in [5, 5.41) is 21.0. The summed E-state index contributed by atoms with van der Waals surface area (Å²) in [7, 11) is 0. The number of nitro groups is 1. The number of aliphatic hydroxyl groups is 1. The zero-order valence-electron chi connectivity index (χ0n) is 12.7. The predicted octanol–water partition coefficient (Wildman–Crippen LogP) is 2.65. The van der Waals surface area contributed by atoms with Crippen molar-refractivity contribution >= 4 is 11.4 Å². The van der Waals surface area contributed by atoms with Crippen molar-refractivity contribution in [3.05, 3.63) is 33.9 Å². The third kappa shape index (κ3) is 3.33. The average Bonchev–Trinajstić information content (AvgIpc) is 2.46. The topological polar surface area (TPSA) is 75.8 Å². The van der Waals surface area contributed by atoms with Crippen LogP contribution in [0.1, 0.15) is 38.9 Å². The Hall–Kier alpha value is -1.66. The number of aliphatic hydroxyl groups excluding tert-OH is 1. The molecule has 0 saturated carbocycles. The van der Waals surface area contributed by atoms with Gasteiger partial charge in [-0.25, -0.2) is 0 Å². The fourth-order valence-corrected chi connectivity index (χ4v) is 2.67. The zero-order chi connectivity index (χ0) is 15.6. The van der Waals surface area contributed by atoms with Crippen LogP contribution in [-0.2, 0) is 4.74 Å². The minimum Gasteiger partial charge on any atom is -0.389 e. The number of anilines is 1. The first-order valence-corrected chi connectivity index (χ1v) is 7.28. The summed E-state index contributed by atoms with van der Waals surface area (Å²) < 4.78 is 5.64. The molecule has 1 aromatic rings. The van der Waals surface area contributed by atoms with Crippen molar-refractivity contribution in [2.24, 2.45) is 0 Å². The van der Waals surface area contributed by atoms with Crippen molar-refractivity contribution in [3.8, 4) is 0 Å². The SMILES string of the molecule is CCC1COC(C)CN1c1ccc([C@H](C)O)cc1[N+](=O)[O-]. The number of nitro benzene ring substituents is 1. The molecule has 6 heteroatoms. The summed E-state index contributed by atoms with van der Waals surface area (Å²) in [5.41, 5.74) is 1.20. The molecule has 6 nitrogen and oxygen atoms in total. The van der Waals surface area contributed by atoms with E-state index in [0.29, 0.717) is 24.4 Å². The van der Waals surface area contributed by atoms with E-state index >= 15 is 0 Å². The van der Waals surface area contributed by atoms with Crippen LogP contribution in [0.2, 0.25) is 0 Å². The first-order chi connectivity index (χ1) is 9.93. The molecule has 0 bridgehead atoms. The lowest BCUT2D eigenvalue weighted by Crippen LogP contribution is -2.48. The van der Waals surface area contributed by atoms with E-state index in [9.17, 15) is 15.2 Å². The minimum atomic E-state index is -0.719. The largest absolute Gasteiger partial charge is 0.389 e. The molecule has 0 amide bonds. The van der Waals surface area contributed by atoms with Gasteiger partial charge in [0.2, 0.25) is 0 Å². The summed E-state index contributed by atoms with van der Waals surface area (Å²) in [6, 6.07) is 5.09. The number of hydrogen-bond acceptors (Lipinski definition) is 5. The third-order valence-electron chi connectivity index (χ3n) is 3.93. The first-order valence-electron chi connectivity index (χ1n) is 7.28. The smallest absolute Gasteiger partial charge is 0.292 e. The molecule has 1 aromatic carbocycles. The van der Waals surface area contributed by atoms with Gasteiger partial charge in [-0.15, -0.1) is 0 Å². The second kappa shape index (κ2) is 6.41. The molecule has 1 N–H and O–H groups in total. The number of morpholine rings is 1. The van der Waals surface area contributed by atoms with Gasteiger partial charge in [0.1, 0.15) is 5.69 Å². The molecule has 1 aliphatic heterocycles. The second-order valence-electron chi connectivity index (χ2n) is 5.54. The highest BCUT2D eigenvalue weighted by atomic mass is 16.6. The highest BCUT2D eigenvalue weighted by Crippen LogP contribution is 2.34. The maximum Gasteiger partial charge on any atom is 0.292 e. The van der Waals surface area contributed by atoms with Crippen molar-refractivity contribution in [3.63, 3.8) is 0 Å². The molecule has 0 aromatic heterocycles. The monoisotopic (exact) mass is 294 g/mol. The molecule has 1 heterocycles. The first kappa shape index (κ1) is 15.7. The van der Waals surface area contributed by atoms with E-state index in [2.05, 4.69) is 4.90 Å². The Morgan fingerprint density at radius 1 is 1.57 bits per heavy atom. The molecule has 1 fully saturated rings. The van der Waals surface area contributed by atoms with Crippen LogP contribution >= 0.6 is 0 Å². The van der Waals surface area contributed by atoms with Crippen molar-refractivity contribution in [2.75, 3.05) is 18.1 Å². The number of benzene rings is 1. The molecule has 21 heavy (non-hydrogen) atoms. The van der Waals surface area contributed by atoms with Crippen LogP contribution in [0.25, 0.3) is 0 Å². The van der Waals surface area contributed by atoms with Crippen LogP contribution in [0.4, 0.5) is 11.4 Å². The fourth-order valence-electron chi connectivity index (χ4n) is 2.67. The van der Waals surface area contributed by atoms with Crippen LogP contribution in [0.3, 0.4) is 0 Å². The fraction of sp³-hybridized carbons (Fsp3) is 0.600. The Kier molecular flexibility index (Phi) is 4.80. The van der Waals surface area contributed by atoms with Crippen LogP contribution in [0, 0.1) is 10.1 Å². The minimum absolute atomic E-state index is 0.0425. The predicted molar refractivity (Wildman–Crippen MR) is 80.6 cm³/mol. The third-order valence-corrected chi connectivity index (χ3v) is 3.93. The van der Waals surface area contributed by atoms with E-state index in [4.69, 9.17) is 4.74 Å². The Labute approximate surface area is 124 Å². The van der Waals surface area contributed by atoms with Gasteiger partial charge < -0.3 is 14.7 Å². The van der Waals surface area contributed by atoms with Crippen LogP contribution in [0.15, 0.2) is 18.2 Å². The molecular weight excluding hydrogens is 272 g/mol. The summed E-state index contributed by atoms with van der Waals surface area (Å²) in [6.45, 7) is 6.83. The van der Waals surface area contributed by atoms with E-state index < -0.39 is 6.10 Å². The Bertz CT molecular complexity index is 518. The highest BCUT2D eigenvalue weighted by molar-refractivity contribution is 5.65. The van der Waals surface area contributed by atoms with Crippen LogP contribution in [-0.4, -0.2) is 35.3 Å². The van der Waals surface area contributed by atoms with Gasteiger partial charge in [0, 0.05) is 12.6 Å². The second-order valence-corrected chi connectivity index (χ2v) is 5.54. The highest BCUT2D eigenvalue weighted by Gasteiger charge is 2.30. The summed E-state index contributed by atoms with van der Waals surface area (Å²) in [5.74, 6) is 0. The summed E-state index contributed by atoms with van der Waals surface area (Å²) in [4.78, 5) is 13.1. The maximum absolute atomic E-state index is 11.4. The van der Waals surface area contributed by atoms with Crippen LogP contribution in [0.5, 0.6) is 0 Å². The molecule has 2 unspecified atom stereocenters. The van der Waals surface area contributed by atoms with Gasteiger partial charge in [-0.05, 0) is 31.9 Å². The van der Waals surface area contributed by atoms with Gasteiger partial charge in [0.05, 0.1) is 29.8 Å². The summed E-state index contributed by atoms with van der Waals surface area (Å²) in [6.07, 6.45) is 0.189. The zero-order valence-corrected chi connectivity index (χ0v) is 12.7. The molecule has 0 aliphatic carbocycles. The van der Waals surface area contributed by atoms with Gasteiger partial charge in [-0.1, -0.05) is 13.0 Å². The van der Waals surface area contributed by atoms with E-state index in [1.807, 2.05) is 13.8 Å². The maximum atomic E-state index is 11.4. The molecule has 116 valence electrons. The molecule has 0 spiro atoms. The standard InChI is InChI=1S/C15H22N2O4/c1-4-13-9-21-10(2)8-16(13)14-6-5-12(11(3)18)7-15(14)17(19)20/h5-7,10-11,13,18H,4,8-9H2,1-3H3/t10?,11-,13?/m0/s1. The van der Waals surface area contributed by atoms with E-state index in [0.717, 1.165) is 6.42 Å². The van der Waals surface area contributed by atoms with Gasteiger partial charge in [0.25, 0.3) is 5.69 Å². The number of hydrogen-bond donors (Lipinski definition) is 1. The molecular formula is C15H22N2O4. The van der Waals surface area contributed by atoms with Crippen molar-refractivity contribution in [2.45, 2.75) is 45.4 Å². The van der Waals surface area contributed by atoms with Gasteiger partial charge in [0.15, 0.2) is 0 Å². The molecule has 0 radical (unpaired) electrons. The average molecular weight is 294 g/mol. The molecule has 2 rings (SSSR count). The molecule has 1 aliphatic rings. The number of nitrogens with zero attached hydrogens (tertiary/aromatic N) is 2. The number of ether oxygens (including phenoxy) is 1. The lowest BCUT2D eigenvalue weighted by molar-refractivity contribution is -0.384. The number of rotatable bonds is 4. The van der Waals surface area contributed by atoms with E-state index in [1.165, 1.54) is 6.07 Å². The lowest BCUT2D eigenvalue weighted by Gasteiger charge is -2.39.